The van der Waals surface area contributed by atoms with Crippen LogP contribution in [0.2, 0.25) is 0 Å². The molecule has 5 heteroatoms. The van der Waals surface area contributed by atoms with Crippen LogP contribution in [-0.2, 0) is 6.42 Å². The van der Waals surface area contributed by atoms with Crippen LogP contribution in [0.25, 0.3) is 0 Å². The Kier molecular flexibility index (Phi) is 9.90. The Balaban J connectivity index is 0.00000324. The van der Waals surface area contributed by atoms with Crippen LogP contribution >= 0.6 is 24.0 Å². The zero-order valence-electron chi connectivity index (χ0n) is 10.9. The van der Waals surface area contributed by atoms with E-state index in [0.29, 0.717) is 19.0 Å². The van der Waals surface area contributed by atoms with Crippen LogP contribution in [0.4, 0.5) is 4.39 Å². The zero-order chi connectivity index (χ0) is 13.2. The molecule has 1 rings (SSSR count). The van der Waals surface area contributed by atoms with E-state index in [1.807, 2.05) is 6.92 Å². The van der Waals surface area contributed by atoms with Gasteiger partial charge in [0, 0.05) is 13.1 Å². The Bertz CT molecular complexity index is 423. The van der Waals surface area contributed by atoms with Crippen LogP contribution < -0.4 is 10.6 Å². The van der Waals surface area contributed by atoms with Crippen molar-refractivity contribution in [1.82, 2.24) is 10.6 Å². The van der Waals surface area contributed by atoms with Gasteiger partial charge in [0.1, 0.15) is 5.82 Å². The molecule has 0 atom stereocenters. The van der Waals surface area contributed by atoms with E-state index in [0.717, 1.165) is 18.5 Å². The predicted octanol–water partition coefficient (Wildman–Crippen LogP) is 2.17. The largest absolute Gasteiger partial charge is 0.357 e. The van der Waals surface area contributed by atoms with Gasteiger partial charge < -0.3 is 10.6 Å². The number of rotatable bonds is 5. The molecule has 0 aliphatic carbocycles. The van der Waals surface area contributed by atoms with Gasteiger partial charge >= 0.3 is 0 Å². The van der Waals surface area contributed by atoms with Crippen molar-refractivity contribution >= 4 is 29.9 Å². The second-order valence-corrected chi connectivity index (χ2v) is 3.69. The summed E-state index contributed by atoms with van der Waals surface area (Å²) in [6, 6.07) is 6.46. The fourth-order valence-corrected chi connectivity index (χ4v) is 1.42. The monoisotopic (exact) mass is 375 g/mol. The van der Waals surface area contributed by atoms with Gasteiger partial charge in [0.05, 0.1) is 6.54 Å². The third-order valence-corrected chi connectivity index (χ3v) is 2.29. The smallest absolute Gasteiger partial charge is 0.192 e. The van der Waals surface area contributed by atoms with Gasteiger partial charge in [-0.05, 0) is 31.0 Å². The minimum Gasteiger partial charge on any atom is -0.357 e. The van der Waals surface area contributed by atoms with Crippen molar-refractivity contribution in [3.8, 4) is 12.3 Å². The molecular weight excluding hydrogens is 356 g/mol. The highest BCUT2D eigenvalue weighted by molar-refractivity contribution is 14.0. The lowest BCUT2D eigenvalue weighted by Gasteiger charge is -2.08. The summed E-state index contributed by atoms with van der Waals surface area (Å²) in [7, 11) is 0. The van der Waals surface area contributed by atoms with Crippen LogP contribution in [-0.4, -0.2) is 25.6 Å². The van der Waals surface area contributed by atoms with Gasteiger partial charge in [-0.3, -0.25) is 4.99 Å². The molecule has 0 radical (unpaired) electrons. The van der Waals surface area contributed by atoms with Gasteiger partial charge in [-0.1, -0.05) is 18.1 Å². The molecule has 2 N–H and O–H groups in total. The second kappa shape index (κ2) is 10.6. The molecule has 104 valence electrons. The highest BCUT2D eigenvalue weighted by Gasteiger charge is 1.96. The topological polar surface area (TPSA) is 36.4 Å². The third kappa shape index (κ3) is 7.67. The van der Waals surface area contributed by atoms with E-state index in [9.17, 15) is 4.39 Å². The number of benzene rings is 1. The van der Waals surface area contributed by atoms with Gasteiger partial charge in [0.25, 0.3) is 0 Å². The fourth-order valence-electron chi connectivity index (χ4n) is 1.42. The lowest BCUT2D eigenvalue weighted by Crippen LogP contribution is -2.37. The molecule has 0 saturated carbocycles. The summed E-state index contributed by atoms with van der Waals surface area (Å²) in [6.07, 6.45) is 5.95. The van der Waals surface area contributed by atoms with Crippen molar-refractivity contribution < 1.29 is 4.39 Å². The van der Waals surface area contributed by atoms with E-state index in [1.165, 1.54) is 12.1 Å². The zero-order valence-corrected chi connectivity index (χ0v) is 13.3. The molecule has 0 amide bonds. The first-order chi connectivity index (χ1) is 8.76. The van der Waals surface area contributed by atoms with E-state index < -0.39 is 0 Å². The number of terminal acetylenes is 1. The van der Waals surface area contributed by atoms with Crippen LogP contribution in [0.1, 0.15) is 12.5 Å². The number of aliphatic imine (C=N–C) groups is 1. The molecule has 0 aliphatic heterocycles. The first-order valence-corrected chi connectivity index (χ1v) is 5.96. The average Bonchev–Trinajstić information content (AvgIpc) is 2.38. The Morgan fingerprint density at radius 1 is 1.32 bits per heavy atom. The Morgan fingerprint density at radius 3 is 2.58 bits per heavy atom. The SMILES string of the molecule is C#CCNC(=NCCc1ccc(F)cc1)NCC.I. The Labute approximate surface area is 131 Å². The van der Waals surface area contributed by atoms with Crippen molar-refractivity contribution in [3.05, 3.63) is 35.6 Å². The van der Waals surface area contributed by atoms with Gasteiger partial charge in [-0.15, -0.1) is 30.4 Å². The van der Waals surface area contributed by atoms with Crippen LogP contribution in [0.15, 0.2) is 29.3 Å². The van der Waals surface area contributed by atoms with Crippen molar-refractivity contribution in [3.63, 3.8) is 0 Å². The Morgan fingerprint density at radius 2 is 2.00 bits per heavy atom. The average molecular weight is 375 g/mol. The molecule has 0 unspecified atom stereocenters. The maximum atomic E-state index is 12.7. The quantitative estimate of drug-likeness (QED) is 0.358. The summed E-state index contributed by atoms with van der Waals surface area (Å²) in [5.74, 6) is 2.99. The highest BCUT2D eigenvalue weighted by atomic mass is 127. The van der Waals surface area contributed by atoms with E-state index in [1.54, 1.807) is 12.1 Å². The van der Waals surface area contributed by atoms with Gasteiger partial charge in [-0.2, -0.15) is 0 Å². The summed E-state index contributed by atoms with van der Waals surface area (Å²) in [5, 5.41) is 6.10. The molecule has 0 aliphatic rings. The number of nitrogens with one attached hydrogen (secondary N) is 2. The molecule has 3 nitrogen and oxygen atoms in total. The van der Waals surface area contributed by atoms with Crippen LogP contribution in [0.3, 0.4) is 0 Å². The number of hydrogen-bond donors (Lipinski definition) is 2. The summed E-state index contributed by atoms with van der Waals surface area (Å²) in [4.78, 5) is 4.37. The summed E-state index contributed by atoms with van der Waals surface area (Å²) < 4.78 is 12.7. The van der Waals surface area contributed by atoms with E-state index >= 15 is 0 Å². The molecule has 0 spiro atoms. The first-order valence-electron chi connectivity index (χ1n) is 5.96. The summed E-state index contributed by atoms with van der Waals surface area (Å²) in [6.45, 7) is 3.86. The lowest BCUT2D eigenvalue weighted by molar-refractivity contribution is 0.627. The minimum atomic E-state index is -0.216. The third-order valence-electron chi connectivity index (χ3n) is 2.29. The molecule has 0 fully saturated rings. The molecular formula is C14H19FIN3. The Hall–Kier alpha value is -1.29. The maximum Gasteiger partial charge on any atom is 0.192 e. The van der Waals surface area contributed by atoms with Crippen molar-refractivity contribution in [2.45, 2.75) is 13.3 Å². The van der Waals surface area contributed by atoms with Gasteiger partial charge in [0.15, 0.2) is 5.96 Å². The fraction of sp³-hybridized carbons (Fsp3) is 0.357. The van der Waals surface area contributed by atoms with Crippen LogP contribution in [0.5, 0.6) is 0 Å². The molecule has 0 bridgehead atoms. The maximum absolute atomic E-state index is 12.7. The lowest BCUT2D eigenvalue weighted by atomic mass is 10.1. The van der Waals surface area contributed by atoms with Crippen LogP contribution in [0, 0.1) is 18.2 Å². The normalized spacial score (nSPS) is 10.3. The molecule has 1 aromatic rings. The van der Waals surface area contributed by atoms with Crippen molar-refractivity contribution in [1.29, 1.82) is 0 Å². The van der Waals surface area contributed by atoms with E-state index in [-0.39, 0.29) is 29.8 Å². The molecule has 19 heavy (non-hydrogen) atoms. The van der Waals surface area contributed by atoms with Crippen molar-refractivity contribution in [2.24, 2.45) is 4.99 Å². The number of hydrogen-bond acceptors (Lipinski definition) is 1. The predicted molar refractivity (Wildman–Crippen MR) is 88.3 cm³/mol. The molecule has 0 aromatic heterocycles. The van der Waals surface area contributed by atoms with Gasteiger partial charge in [0.2, 0.25) is 0 Å². The molecule has 1 aromatic carbocycles. The minimum absolute atomic E-state index is 0. The van der Waals surface area contributed by atoms with E-state index in [2.05, 4.69) is 21.5 Å². The standard InChI is InChI=1S/C14H18FN3.HI/c1-3-10-17-14(16-4-2)18-11-9-12-5-7-13(15)8-6-12;/h1,5-8H,4,9-11H2,2H3,(H2,16,17,18);1H. The first kappa shape index (κ1) is 17.7. The van der Waals surface area contributed by atoms with E-state index in [4.69, 9.17) is 6.42 Å². The molecule has 0 saturated heterocycles. The van der Waals surface area contributed by atoms with Gasteiger partial charge in [-0.25, -0.2) is 4.39 Å². The summed E-state index contributed by atoms with van der Waals surface area (Å²) in [5.41, 5.74) is 1.06. The number of guanidine groups is 1. The highest BCUT2D eigenvalue weighted by Crippen LogP contribution is 2.03. The number of halogens is 2. The number of nitrogens with zero attached hydrogens (tertiary/aromatic N) is 1. The summed E-state index contributed by atoms with van der Waals surface area (Å²) >= 11 is 0. The molecule has 0 heterocycles. The van der Waals surface area contributed by atoms with Crippen molar-refractivity contribution in [2.75, 3.05) is 19.6 Å². The second-order valence-electron chi connectivity index (χ2n) is 3.69.